The number of imidazole rings is 1. The third kappa shape index (κ3) is 4.77. The van der Waals surface area contributed by atoms with Gasteiger partial charge in [-0.2, -0.15) is 0 Å². The van der Waals surface area contributed by atoms with Crippen molar-refractivity contribution in [2.24, 2.45) is 5.92 Å². The highest BCUT2D eigenvalue weighted by atomic mass is 35.5. The fourth-order valence-corrected chi connectivity index (χ4v) is 3.61. The number of ether oxygens (including phenoxy) is 1. The minimum Gasteiger partial charge on any atom is -0.495 e. The van der Waals surface area contributed by atoms with Crippen molar-refractivity contribution in [2.45, 2.75) is 26.3 Å². The highest BCUT2D eigenvalue weighted by Gasteiger charge is 2.21. The topological polar surface area (TPSA) is 59.4 Å². The molecule has 1 aliphatic rings. The molecule has 0 unspecified atom stereocenters. The fraction of sp³-hybridized carbons (Fsp3) is 0.474. The van der Waals surface area contributed by atoms with E-state index in [4.69, 9.17) is 16.3 Å². The van der Waals surface area contributed by atoms with Crippen molar-refractivity contribution in [1.29, 1.82) is 0 Å². The second-order valence-electron chi connectivity index (χ2n) is 6.74. The van der Waals surface area contributed by atoms with Gasteiger partial charge in [-0.3, -0.25) is 9.69 Å². The molecule has 1 N–H and O–H groups in total. The van der Waals surface area contributed by atoms with Gasteiger partial charge in [0.25, 0.3) is 0 Å². The average molecular weight is 377 g/mol. The zero-order valence-corrected chi connectivity index (χ0v) is 16.0. The van der Waals surface area contributed by atoms with E-state index in [2.05, 4.69) is 19.8 Å². The van der Waals surface area contributed by atoms with Crippen molar-refractivity contribution < 1.29 is 9.53 Å². The highest BCUT2D eigenvalue weighted by molar-refractivity contribution is 6.32. The van der Waals surface area contributed by atoms with Crippen molar-refractivity contribution >= 4 is 23.2 Å². The van der Waals surface area contributed by atoms with Crippen LogP contribution in [0.5, 0.6) is 5.75 Å². The largest absolute Gasteiger partial charge is 0.495 e. The molecule has 0 aliphatic carbocycles. The molecule has 1 aromatic heterocycles. The predicted octanol–water partition coefficient (Wildman–Crippen LogP) is 3.20. The Kier molecular flexibility index (Phi) is 6.16. The van der Waals surface area contributed by atoms with Gasteiger partial charge in [0.15, 0.2) is 0 Å². The van der Waals surface area contributed by atoms with Crippen LogP contribution in [-0.4, -0.2) is 47.1 Å². The number of halogens is 1. The first-order valence-electron chi connectivity index (χ1n) is 8.88. The number of rotatable bonds is 6. The zero-order valence-electron chi connectivity index (χ0n) is 15.2. The number of likely N-dealkylation sites (tertiary alicyclic amines) is 1. The van der Waals surface area contributed by atoms with Crippen LogP contribution in [0, 0.1) is 12.8 Å². The number of aromatic nitrogens is 2. The summed E-state index contributed by atoms with van der Waals surface area (Å²) in [5, 5.41) is 3.39. The fourth-order valence-electron chi connectivity index (χ4n) is 3.35. The van der Waals surface area contributed by atoms with E-state index in [1.165, 1.54) is 0 Å². The lowest BCUT2D eigenvalue weighted by Gasteiger charge is -2.31. The highest BCUT2D eigenvalue weighted by Crippen LogP contribution is 2.27. The summed E-state index contributed by atoms with van der Waals surface area (Å²) in [6, 6.07) is 5.25. The van der Waals surface area contributed by atoms with Gasteiger partial charge < -0.3 is 14.6 Å². The first-order valence-corrected chi connectivity index (χ1v) is 9.26. The molecule has 1 aromatic carbocycles. The van der Waals surface area contributed by atoms with E-state index >= 15 is 0 Å². The molecule has 0 spiro atoms. The van der Waals surface area contributed by atoms with Crippen molar-refractivity contribution in [2.75, 3.05) is 32.1 Å². The predicted molar refractivity (Wildman–Crippen MR) is 103 cm³/mol. The van der Waals surface area contributed by atoms with Gasteiger partial charge in [-0.25, -0.2) is 4.98 Å². The number of anilines is 1. The molecular weight excluding hydrogens is 352 g/mol. The van der Waals surface area contributed by atoms with Gasteiger partial charge in [0.2, 0.25) is 5.91 Å². The Morgan fingerprint density at radius 1 is 1.38 bits per heavy atom. The average Bonchev–Trinajstić information content (AvgIpc) is 3.01. The van der Waals surface area contributed by atoms with Crippen molar-refractivity contribution in [3.8, 4) is 5.75 Å². The van der Waals surface area contributed by atoms with Crippen LogP contribution in [0.3, 0.4) is 0 Å². The molecule has 140 valence electrons. The van der Waals surface area contributed by atoms with Gasteiger partial charge >= 0.3 is 0 Å². The molecule has 1 saturated heterocycles. The summed E-state index contributed by atoms with van der Waals surface area (Å²) in [6.45, 7) is 5.33. The van der Waals surface area contributed by atoms with E-state index in [-0.39, 0.29) is 5.91 Å². The molecule has 26 heavy (non-hydrogen) atoms. The minimum atomic E-state index is -0.0184. The van der Waals surface area contributed by atoms with Crippen LogP contribution in [0.2, 0.25) is 5.02 Å². The summed E-state index contributed by atoms with van der Waals surface area (Å²) in [4.78, 5) is 18.8. The number of methoxy groups -OCH3 is 1. The number of nitrogens with zero attached hydrogens (tertiary/aromatic N) is 3. The summed E-state index contributed by atoms with van der Waals surface area (Å²) >= 11 is 6.10. The molecule has 3 rings (SSSR count). The van der Waals surface area contributed by atoms with Gasteiger partial charge in [0.05, 0.1) is 18.7 Å². The summed E-state index contributed by atoms with van der Waals surface area (Å²) in [6.07, 6.45) is 6.08. The van der Waals surface area contributed by atoms with Gasteiger partial charge in [0, 0.05) is 24.6 Å². The zero-order chi connectivity index (χ0) is 18.5. The molecule has 2 aromatic rings. The van der Waals surface area contributed by atoms with Crippen LogP contribution in [0.1, 0.15) is 18.7 Å². The maximum atomic E-state index is 12.3. The lowest BCUT2D eigenvalue weighted by atomic mass is 9.96. The quantitative estimate of drug-likeness (QED) is 0.841. The van der Waals surface area contributed by atoms with E-state index in [1.807, 2.05) is 19.3 Å². The Morgan fingerprint density at radius 3 is 2.77 bits per heavy atom. The maximum absolute atomic E-state index is 12.3. The molecule has 0 radical (unpaired) electrons. The standard InChI is InChI=1S/C19H25ClN4O2/c1-14-21-7-10-24(14)12-15-5-8-23(9-6-15)13-19(25)22-16-3-4-18(26-2)17(20)11-16/h3-4,7,10-11,15H,5-6,8-9,12-13H2,1-2H3,(H,22,25). The number of piperidine rings is 1. The molecule has 1 aliphatic heterocycles. The molecule has 7 heteroatoms. The third-order valence-electron chi connectivity index (χ3n) is 4.89. The van der Waals surface area contributed by atoms with Gasteiger partial charge in [-0.15, -0.1) is 0 Å². The van der Waals surface area contributed by atoms with Crippen molar-refractivity contribution in [1.82, 2.24) is 14.5 Å². The third-order valence-corrected chi connectivity index (χ3v) is 5.18. The smallest absolute Gasteiger partial charge is 0.238 e. The van der Waals surface area contributed by atoms with Crippen LogP contribution in [0.4, 0.5) is 5.69 Å². The molecule has 6 nitrogen and oxygen atoms in total. The van der Waals surface area contributed by atoms with E-state index in [9.17, 15) is 4.79 Å². The van der Waals surface area contributed by atoms with Crippen molar-refractivity contribution in [3.05, 3.63) is 41.4 Å². The molecular formula is C19H25ClN4O2. The lowest BCUT2D eigenvalue weighted by Crippen LogP contribution is -2.40. The van der Waals surface area contributed by atoms with Gasteiger partial charge in [0.1, 0.15) is 11.6 Å². The molecule has 1 fully saturated rings. The number of nitrogens with one attached hydrogen (secondary N) is 1. The number of carbonyl (C=O) groups is 1. The SMILES string of the molecule is COc1ccc(NC(=O)CN2CCC(Cn3ccnc3C)CC2)cc1Cl. The number of amides is 1. The number of carbonyl (C=O) groups excluding carboxylic acids is 1. The van der Waals surface area contributed by atoms with Crippen LogP contribution in [0.15, 0.2) is 30.6 Å². The van der Waals surface area contributed by atoms with Crippen LogP contribution in [-0.2, 0) is 11.3 Å². The summed E-state index contributed by atoms with van der Waals surface area (Å²) in [5.74, 6) is 2.28. The van der Waals surface area contributed by atoms with Crippen LogP contribution in [0.25, 0.3) is 0 Å². The first kappa shape index (κ1) is 18.7. The van der Waals surface area contributed by atoms with Gasteiger partial charge in [-0.05, 0) is 57.0 Å². The summed E-state index contributed by atoms with van der Waals surface area (Å²) in [7, 11) is 1.57. The number of benzene rings is 1. The Labute approximate surface area is 159 Å². The monoisotopic (exact) mass is 376 g/mol. The number of hydrogen-bond acceptors (Lipinski definition) is 4. The molecule has 0 saturated carbocycles. The Bertz CT molecular complexity index is 754. The normalized spacial score (nSPS) is 15.8. The molecule has 1 amide bonds. The second kappa shape index (κ2) is 8.56. The summed E-state index contributed by atoms with van der Waals surface area (Å²) in [5.41, 5.74) is 0.686. The Morgan fingerprint density at radius 2 is 2.15 bits per heavy atom. The second-order valence-corrected chi connectivity index (χ2v) is 7.15. The number of aryl methyl sites for hydroxylation is 1. The molecule has 0 bridgehead atoms. The van der Waals surface area contributed by atoms with E-state index in [1.54, 1.807) is 25.3 Å². The Hall–Kier alpha value is -2.05. The Balaban J connectivity index is 1.44. The van der Waals surface area contributed by atoms with E-state index < -0.39 is 0 Å². The van der Waals surface area contributed by atoms with E-state index in [0.29, 0.717) is 28.9 Å². The maximum Gasteiger partial charge on any atom is 0.238 e. The van der Waals surface area contributed by atoms with Gasteiger partial charge in [-0.1, -0.05) is 11.6 Å². The first-order chi connectivity index (χ1) is 12.5. The van der Waals surface area contributed by atoms with Crippen LogP contribution < -0.4 is 10.1 Å². The summed E-state index contributed by atoms with van der Waals surface area (Å²) < 4.78 is 7.33. The molecule has 2 heterocycles. The minimum absolute atomic E-state index is 0.0184. The van der Waals surface area contributed by atoms with E-state index in [0.717, 1.165) is 38.3 Å². The van der Waals surface area contributed by atoms with Crippen LogP contribution >= 0.6 is 11.6 Å². The molecule has 0 atom stereocenters. The lowest BCUT2D eigenvalue weighted by molar-refractivity contribution is -0.117. The van der Waals surface area contributed by atoms with Crippen molar-refractivity contribution in [3.63, 3.8) is 0 Å². The number of hydrogen-bond donors (Lipinski definition) is 1.